The molecule has 2 N–H and O–H groups in total. The number of likely N-dealkylation sites (tertiary alicyclic amines) is 1. The van der Waals surface area contributed by atoms with Gasteiger partial charge in [-0.2, -0.15) is 0 Å². The Balaban J connectivity index is 1.36. The van der Waals surface area contributed by atoms with Gasteiger partial charge in [-0.05, 0) is 52.0 Å². The van der Waals surface area contributed by atoms with Gasteiger partial charge in [-0.25, -0.2) is 14.0 Å². The maximum atomic E-state index is 14.0. The van der Waals surface area contributed by atoms with E-state index in [4.69, 9.17) is 14.2 Å². The van der Waals surface area contributed by atoms with Crippen molar-refractivity contribution in [3.05, 3.63) is 53.3 Å². The summed E-state index contributed by atoms with van der Waals surface area (Å²) < 4.78 is 31.5. The molecule has 0 radical (unpaired) electrons. The number of rotatable bonds is 5. The van der Waals surface area contributed by atoms with Crippen molar-refractivity contribution in [3.8, 4) is 11.5 Å². The average molecular weight is 612 g/mol. The third kappa shape index (κ3) is 6.29. The van der Waals surface area contributed by atoms with Gasteiger partial charge in [-0.3, -0.25) is 14.9 Å². The van der Waals surface area contributed by atoms with E-state index in [1.807, 2.05) is 0 Å². The number of nitrogens with one attached hydrogen (secondary N) is 2. The Bertz CT molecular complexity index is 1600. The molecule has 2 aliphatic heterocycles. The largest absolute Gasteiger partial charge is 0.495 e. The van der Waals surface area contributed by atoms with Crippen molar-refractivity contribution in [2.24, 2.45) is 0 Å². The Morgan fingerprint density at radius 3 is 2.53 bits per heavy atom. The minimum atomic E-state index is -0.930. The zero-order chi connectivity index (χ0) is 31.1. The molecule has 228 valence electrons. The van der Waals surface area contributed by atoms with E-state index < -0.39 is 35.1 Å². The van der Waals surface area contributed by atoms with Crippen LogP contribution in [0.4, 0.5) is 14.2 Å². The van der Waals surface area contributed by atoms with Crippen molar-refractivity contribution < 1.29 is 37.8 Å². The van der Waals surface area contributed by atoms with Crippen LogP contribution in [0.25, 0.3) is 10.1 Å². The molecule has 0 unspecified atom stereocenters. The Hall–Kier alpha value is -4.19. The van der Waals surface area contributed by atoms with Gasteiger partial charge in [-0.15, -0.1) is 11.3 Å². The molecule has 1 saturated heterocycles. The van der Waals surface area contributed by atoms with Gasteiger partial charge in [0, 0.05) is 31.3 Å². The lowest BCUT2D eigenvalue weighted by atomic mass is 9.82. The average Bonchev–Trinajstić information content (AvgIpc) is 3.30. The number of piperidine rings is 1. The number of amides is 3. The number of methoxy groups -OCH3 is 1. The lowest BCUT2D eigenvalue weighted by Gasteiger charge is -2.44. The normalized spacial score (nSPS) is 16.7. The number of ether oxygens (including phenoxy) is 3. The van der Waals surface area contributed by atoms with E-state index >= 15 is 0 Å². The van der Waals surface area contributed by atoms with E-state index in [1.165, 1.54) is 43.6 Å². The highest BCUT2D eigenvalue weighted by atomic mass is 32.1. The number of urea groups is 1. The molecule has 2 aliphatic rings. The maximum absolute atomic E-state index is 14.0. The summed E-state index contributed by atoms with van der Waals surface area (Å²) in [6.45, 7) is 7.35. The second kappa shape index (κ2) is 11.5. The fraction of sp³-hybridized carbons (Fsp3) is 0.419. The van der Waals surface area contributed by atoms with E-state index in [0.717, 1.165) is 0 Å². The van der Waals surface area contributed by atoms with Crippen molar-refractivity contribution in [3.63, 3.8) is 0 Å². The molecule has 1 atom stereocenters. The van der Waals surface area contributed by atoms with Crippen molar-refractivity contribution in [2.45, 2.75) is 64.2 Å². The SMILES string of the molecule is COc1cccc2c(C(=O)N3CCC4(CC3)CC(=O)c3cc(F)ccc3O4)c(NC(=O)N[C@@H](C)C(=O)OC(C)(C)C)sc12. The second-order valence-corrected chi connectivity index (χ2v) is 12.8. The van der Waals surface area contributed by atoms with E-state index in [1.54, 1.807) is 43.9 Å². The number of fused-ring (bicyclic) bond motifs is 2. The van der Waals surface area contributed by atoms with Crippen LogP contribution in [0.2, 0.25) is 0 Å². The van der Waals surface area contributed by atoms with Crippen molar-refractivity contribution in [1.82, 2.24) is 10.2 Å². The maximum Gasteiger partial charge on any atom is 0.328 e. The molecule has 1 fully saturated rings. The second-order valence-electron chi connectivity index (χ2n) is 11.8. The number of carbonyl (C=O) groups excluding carboxylic acids is 4. The summed E-state index contributed by atoms with van der Waals surface area (Å²) in [4.78, 5) is 53.9. The number of nitrogens with zero attached hydrogens (tertiary/aromatic N) is 1. The number of hydrogen-bond acceptors (Lipinski definition) is 8. The first-order valence-electron chi connectivity index (χ1n) is 14.0. The molecule has 2 aromatic carbocycles. The van der Waals surface area contributed by atoms with Gasteiger partial charge in [0.05, 0.1) is 29.4 Å². The number of benzene rings is 2. The van der Waals surface area contributed by atoms with Crippen LogP contribution >= 0.6 is 11.3 Å². The molecule has 0 aliphatic carbocycles. The molecule has 3 amide bonds. The van der Waals surface area contributed by atoms with Gasteiger partial charge in [0.25, 0.3) is 5.91 Å². The first kappa shape index (κ1) is 30.3. The fourth-order valence-electron chi connectivity index (χ4n) is 5.36. The Morgan fingerprint density at radius 2 is 1.86 bits per heavy atom. The van der Waals surface area contributed by atoms with Gasteiger partial charge in [0.15, 0.2) is 5.78 Å². The molecule has 43 heavy (non-hydrogen) atoms. The van der Waals surface area contributed by atoms with Gasteiger partial charge in [0.2, 0.25) is 0 Å². The van der Waals surface area contributed by atoms with Gasteiger partial charge >= 0.3 is 12.0 Å². The smallest absolute Gasteiger partial charge is 0.328 e. The van der Waals surface area contributed by atoms with Crippen LogP contribution in [-0.2, 0) is 9.53 Å². The predicted molar refractivity (Wildman–Crippen MR) is 160 cm³/mol. The monoisotopic (exact) mass is 611 g/mol. The van der Waals surface area contributed by atoms with Crippen molar-refractivity contribution >= 4 is 50.1 Å². The molecular formula is C31H34FN3O7S. The summed E-state index contributed by atoms with van der Waals surface area (Å²) in [7, 11) is 1.53. The number of Topliss-reactive ketones (excluding diaryl/α,β-unsaturated/α-hetero) is 1. The number of esters is 1. The van der Waals surface area contributed by atoms with E-state index in [-0.39, 0.29) is 23.7 Å². The first-order valence-corrected chi connectivity index (χ1v) is 14.8. The topological polar surface area (TPSA) is 123 Å². The minimum absolute atomic E-state index is 0.104. The predicted octanol–water partition coefficient (Wildman–Crippen LogP) is 5.54. The quantitative estimate of drug-likeness (QED) is 0.363. The summed E-state index contributed by atoms with van der Waals surface area (Å²) >= 11 is 1.20. The lowest BCUT2D eigenvalue weighted by Crippen LogP contribution is -2.52. The number of ketones is 1. The Kier molecular flexibility index (Phi) is 8.08. The number of carbonyl (C=O) groups is 4. The fourth-order valence-corrected chi connectivity index (χ4v) is 6.54. The van der Waals surface area contributed by atoms with Crippen LogP contribution in [-0.4, -0.2) is 66.0 Å². The first-order chi connectivity index (χ1) is 20.3. The summed E-state index contributed by atoms with van der Waals surface area (Å²) in [5.41, 5.74) is -0.957. The van der Waals surface area contributed by atoms with Gasteiger partial charge in [0.1, 0.15) is 39.6 Å². The third-order valence-electron chi connectivity index (χ3n) is 7.46. The molecule has 1 spiro atoms. The molecular weight excluding hydrogens is 577 g/mol. The molecule has 1 aromatic heterocycles. The Labute approximate surface area is 252 Å². The van der Waals surface area contributed by atoms with Crippen LogP contribution in [0, 0.1) is 5.82 Å². The number of thiophene rings is 1. The molecule has 5 rings (SSSR count). The van der Waals surface area contributed by atoms with E-state index in [2.05, 4.69) is 10.6 Å². The van der Waals surface area contributed by atoms with Gasteiger partial charge in [-0.1, -0.05) is 12.1 Å². The summed E-state index contributed by atoms with van der Waals surface area (Å²) in [6, 6.07) is 7.66. The van der Waals surface area contributed by atoms with Crippen LogP contribution in [0.3, 0.4) is 0 Å². The highest BCUT2D eigenvalue weighted by molar-refractivity contribution is 7.23. The molecule has 3 heterocycles. The van der Waals surface area contributed by atoms with Crippen LogP contribution < -0.4 is 20.1 Å². The molecule has 0 bridgehead atoms. The molecule has 0 saturated carbocycles. The van der Waals surface area contributed by atoms with E-state index in [0.29, 0.717) is 58.1 Å². The zero-order valence-corrected chi connectivity index (χ0v) is 25.5. The number of anilines is 1. The van der Waals surface area contributed by atoms with Crippen LogP contribution in [0.5, 0.6) is 11.5 Å². The van der Waals surface area contributed by atoms with Crippen LogP contribution in [0.1, 0.15) is 67.7 Å². The van der Waals surface area contributed by atoms with Crippen molar-refractivity contribution in [1.29, 1.82) is 0 Å². The summed E-state index contributed by atoms with van der Waals surface area (Å²) in [5, 5.41) is 6.25. The van der Waals surface area contributed by atoms with Crippen molar-refractivity contribution in [2.75, 3.05) is 25.5 Å². The number of hydrogen-bond donors (Lipinski definition) is 2. The molecule has 3 aromatic rings. The number of halogens is 1. The molecule has 10 nitrogen and oxygen atoms in total. The van der Waals surface area contributed by atoms with E-state index in [9.17, 15) is 23.6 Å². The van der Waals surface area contributed by atoms with Gasteiger partial charge < -0.3 is 24.4 Å². The summed E-state index contributed by atoms with van der Waals surface area (Å²) in [6.07, 6.45) is 0.916. The van der Waals surface area contributed by atoms with Crippen LogP contribution in [0.15, 0.2) is 36.4 Å². The summed E-state index contributed by atoms with van der Waals surface area (Å²) in [5.74, 6) is -0.663. The lowest BCUT2D eigenvalue weighted by molar-refractivity contribution is -0.156. The highest BCUT2D eigenvalue weighted by Crippen LogP contribution is 2.43. The minimum Gasteiger partial charge on any atom is -0.495 e. The standard InChI is InChI=1S/C31H34FN3O7S/c1-17(28(38)42-30(2,3)4)33-29(39)34-26-24(19-7-6-8-23(40-5)25(19)43-26)27(37)35-13-11-31(12-14-35)16-21(36)20-15-18(32)9-10-22(20)41-31/h6-10,15,17H,11-14,16H2,1-5H3,(H2,33,34,39)/t17-/m0/s1. The Morgan fingerprint density at radius 1 is 1.14 bits per heavy atom. The third-order valence-corrected chi connectivity index (χ3v) is 8.60. The highest BCUT2D eigenvalue weighted by Gasteiger charge is 2.44. The molecule has 12 heteroatoms. The zero-order valence-electron chi connectivity index (χ0n) is 24.7.